The highest BCUT2D eigenvalue weighted by molar-refractivity contribution is 5.85. The van der Waals surface area contributed by atoms with Gasteiger partial charge in [0, 0.05) is 17.8 Å². The Balaban J connectivity index is 2.23. The van der Waals surface area contributed by atoms with E-state index in [1.807, 2.05) is 0 Å². The van der Waals surface area contributed by atoms with Gasteiger partial charge in [-0.2, -0.15) is 0 Å². The predicted octanol–water partition coefficient (Wildman–Crippen LogP) is 2.55. The highest BCUT2D eigenvalue weighted by Gasteiger charge is 1.99. The third-order valence-electron chi connectivity index (χ3n) is 2.22. The van der Waals surface area contributed by atoms with Gasteiger partial charge in [0.25, 0.3) is 0 Å². The van der Waals surface area contributed by atoms with Gasteiger partial charge in [-0.3, -0.25) is 4.99 Å². The van der Waals surface area contributed by atoms with Crippen molar-refractivity contribution in [2.45, 2.75) is 0 Å². The zero-order valence-electron chi connectivity index (χ0n) is 8.91. The van der Waals surface area contributed by atoms with Crippen LogP contribution >= 0.6 is 0 Å². The number of rotatable bonds is 2. The molecular weight excluding hydrogens is 218 g/mol. The number of aromatic hydroxyl groups is 3. The molecule has 0 saturated heterocycles. The molecule has 0 unspecified atom stereocenters. The Kier molecular flexibility index (Phi) is 2.96. The first-order valence-electron chi connectivity index (χ1n) is 5.00. The summed E-state index contributed by atoms with van der Waals surface area (Å²) in [6.07, 6.45) is 1.49. The molecule has 0 atom stereocenters. The van der Waals surface area contributed by atoms with Gasteiger partial charge in [-0.05, 0) is 36.4 Å². The van der Waals surface area contributed by atoms with Crippen molar-refractivity contribution in [3.05, 3.63) is 48.0 Å². The second-order valence-electron chi connectivity index (χ2n) is 3.52. The molecule has 0 aliphatic carbocycles. The molecule has 17 heavy (non-hydrogen) atoms. The Labute approximate surface area is 98.1 Å². The minimum absolute atomic E-state index is 0.00397. The van der Waals surface area contributed by atoms with E-state index in [1.165, 1.54) is 30.5 Å². The van der Waals surface area contributed by atoms with Crippen LogP contribution in [0.15, 0.2) is 47.5 Å². The highest BCUT2D eigenvalue weighted by Crippen LogP contribution is 2.22. The molecule has 0 amide bonds. The molecule has 0 aliphatic rings. The second-order valence-corrected chi connectivity index (χ2v) is 3.52. The lowest BCUT2D eigenvalue weighted by Gasteiger charge is -1.99. The molecule has 0 radical (unpaired) electrons. The Bertz CT molecular complexity index is 547. The summed E-state index contributed by atoms with van der Waals surface area (Å²) in [5.74, 6) is 0.147. The van der Waals surface area contributed by atoms with Crippen molar-refractivity contribution in [2.24, 2.45) is 4.99 Å². The first-order chi connectivity index (χ1) is 8.15. The van der Waals surface area contributed by atoms with Crippen molar-refractivity contribution in [1.29, 1.82) is 0 Å². The number of phenolic OH excluding ortho intramolecular Hbond substituents is 3. The third-order valence-corrected chi connectivity index (χ3v) is 2.22. The molecule has 0 saturated carbocycles. The molecule has 3 N–H and O–H groups in total. The van der Waals surface area contributed by atoms with Gasteiger partial charge in [0.15, 0.2) is 0 Å². The molecule has 4 heteroatoms. The maximum atomic E-state index is 9.52. The summed E-state index contributed by atoms with van der Waals surface area (Å²) >= 11 is 0. The van der Waals surface area contributed by atoms with Crippen LogP contribution in [0, 0.1) is 0 Å². The van der Waals surface area contributed by atoms with Gasteiger partial charge in [0.05, 0.1) is 5.69 Å². The Morgan fingerprint density at radius 3 is 2.12 bits per heavy atom. The maximum Gasteiger partial charge on any atom is 0.128 e. The van der Waals surface area contributed by atoms with Crippen LogP contribution in [-0.4, -0.2) is 21.5 Å². The van der Waals surface area contributed by atoms with Gasteiger partial charge in [-0.1, -0.05) is 0 Å². The standard InChI is InChI=1S/C13H11NO3/c15-11-5-2-10(3-6-11)14-8-9-1-4-12(16)7-13(9)17/h1-8,15-17H. The first-order valence-corrected chi connectivity index (χ1v) is 5.00. The molecule has 2 aromatic carbocycles. The van der Waals surface area contributed by atoms with E-state index in [0.29, 0.717) is 11.3 Å². The zero-order valence-corrected chi connectivity index (χ0v) is 8.91. The Morgan fingerprint density at radius 2 is 1.47 bits per heavy atom. The summed E-state index contributed by atoms with van der Waals surface area (Å²) in [5.41, 5.74) is 1.17. The SMILES string of the molecule is Oc1ccc(N=Cc2ccc(O)cc2O)cc1. The summed E-state index contributed by atoms with van der Waals surface area (Å²) in [5, 5.41) is 27.7. The van der Waals surface area contributed by atoms with Gasteiger partial charge < -0.3 is 15.3 Å². The number of benzene rings is 2. The second kappa shape index (κ2) is 4.57. The molecule has 0 fully saturated rings. The molecule has 4 nitrogen and oxygen atoms in total. The van der Waals surface area contributed by atoms with Crippen LogP contribution in [-0.2, 0) is 0 Å². The topological polar surface area (TPSA) is 73.1 Å². The van der Waals surface area contributed by atoms with Crippen molar-refractivity contribution in [3.63, 3.8) is 0 Å². The lowest BCUT2D eigenvalue weighted by molar-refractivity contribution is 0.450. The smallest absolute Gasteiger partial charge is 0.128 e. The largest absolute Gasteiger partial charge is 0.508 e. The number of aliphatic imine (C=N–C) groups is 1. The zero-order chi connectivity index (χ0) is 12.3. The molecule has 86 valence electrons. The molecule has 0 spiro atoms. The summed E-state index contributed by atoms with van der Waals surface area (Å²) < 4.78 is 0. The summed E-state index contributed by atoms with van der Waals surface area (Å²) in [6.45, 7) is 0. The minimum Gasteiger partial charge on any atom is -0.508 e. The van der Waals surface area contributed by atoms with Crippen LogP contribution in [0.2, 0.25) is 0 Å². The molecule has 2 rings (SSSR count). The van der Waals surface area contributed by atoms with Gasteiger partial charge in [0.2, 0.25) is 0 Å². The number of hydrogen-bond donors (Lipinski definition) is 3. The van der Waals surface area contributed by atoms with E-state index in [4.69, 9.17) is 10.2 Å². The summed E-state index contributed by atoms with van der Waals surface area (Å²) in [4.78, 5) is 4.13. The van der Waals surface area contributed by atoms with Crippen molar-refractivity contribution in [3.8, 4) is 17.2 Å². The molecule has 0 heterocycles. The van der Waals surface area contributed by atoms with Crippen molar-refractivity contribution >= 4 is 11.9 Å². The number of phenols is 3. The highest BCUT2D eigenvalue weighted by atomic mass is 16.3. The van der Waals surface area contributed by atoms with Crippen LogP contribution in [0.4, 0.5) is 5.69 Å². The van der Waals surface area contributed by atoms with Gasteiger partial charge >= 0.3 is 0 Å². The third kappa shape index (κ3) is 2.75. The normalized spacial score (nSPS) is 10.8. The fraction of sp³-hybridized carbons (Fsp3) is 0. The molecule has 0 aromatic heterocycles. The summed E-state index contributed by atoms with van der Waals surface area (Å²) in [7, 11) is 0. The van der Waals surface area contributed by atoms with E-state index in [9.17, 15) is 5.11 Å². The van der Waals surface area contributed by atoms with Crippen molar-refractivity contribution in [1.82, 2.24) is 0 Å². The van der Waals surface area contributed by atoms with E-state index >= 15 is 0 Å². The fourth-order valence-electron chi connectivity index (χ4n) is 1.32. The van der Waals surface area contributed by atoms with Crippen LogP contribution < -0.4 is 0 Å². The quantitative estimate of drug-likeness (QED) is 0.693. The average molecular weight is 229 g/mol. The molecule has 0 aliphatic heterocycles. The lowest BCUT2D eigenvalue weighted by atomic mass is 10.2. The van der Waals surface area contributed by atoms with E-state index in [1.54, 1.807) is 18.2 Å². The van der Waals surface area contributed by atoms with Gasteiger partial charge in [-0.15, -0.1) is 0 Å². The average Bonchev–Trinajstić information content (AvgIpc) is 2.30. The fourth-order valence-corrected chi connectivity index (χ4v) is 1.32. The van der Waals surface area contributed by atoms with Crippen LogP contribution in [0.1, 0.15) is 5.56 Å². The predicted molar refractivity (Wildman–Crippen MR) is 65.1 cm³/mol. The van der Waals surface area contributed by atoms with E-state index in [0.717, 1.165) is 0 Å². The van der Waals surface area contributed by atoms with Crippen LogP contribution in [0.5, 0.6) is 17.2 Å². The lowest BCUT2D eigenvalue weighted by Crippen LogP contribution is -1.81. The van der Waals surface area contributed by atoms with Gasteiger partial charge in [0.1, 0.15) is 17.2 Å². The van der Waals surface area contributed by atoms with E-state index in [2.05, 4.69) is 4.99 Å². The molecule has 2 aromatic rings. The Hall–Kier alpha value is -2.49. The van der Waals surface area contributed by atoms with Crippen LogP contribution in [0.25, 0.3) is 0 Å². The number of hydrogen-bond acceptors (Lipinski definition) is 4. The van der Waals surface area contributed by atoms with Crippen molar-refractivity contribution in [2.75, 3.05) is 0 Å². The van der Waals surface area contributed by atoms with Crippen molar-refractivity contribution < 1.29 is 15.3 Å². The number of nitrogens with zero attached hydrogens (tertiary/aromatic N) is 1. The molecular formula is C13H11NO3. The Morgan fingerprint density at radius 1 is 0.824 bits per heavy atom. The van der Waals surface area contributed by atoms with E-state index in [-0.39, 0.29) is 17.2 Å². The monoisotopic (exact) mass is 229 g/mol. The minimum atomic E-state index is -0.0347. The van der Waals surface area contributed by atoms with Gasteiger partial charge in [-0.25, -0.2) is 0 Å². The van der Waals surface area contributed by atoms with E-state index < -0.39 is 0 Å². The molecule has 0 bridgehead atoms. The first kappa shape index (κ1) is 11.0. The maximum absolute atomic E-state index is 9.52. The van der Waals surface area contributed by atoms with Crippen LogP contribution in [0.3, 0.4) is 0 Å². The summed E-state index contributed by atoms with van der Waals surface area (Å²) in [6, 6.07) is 10.7.